The Hall–Kier alpha value is -1.02. The lowest BCUT2D eigenvalue weighted by Crippen LogP contribution is -2.18. The Labute approximate surface area is 97.8 Å². The summed E-state index contributed by atoms with van der Waals surface area (Å²) < 4.78 is 5.27. The summed E-state index contributed by atoms with van der Waals surface area (Å²) in [5, 5.41) is 0. The van der Waals surface area contributed by atoms with Crippen molar-refractivity contribution in [3.63, 3.8) is 0 Å². The Morgan fingerprint density at radius 1 is 1.44 bits per heavy atom. The zero-order valence-electron chi connectivity index (χ0n) is 10.2. The van der Waals surface area contributed by atoms with Gasteiger partial charge in [-0.1, -0.05) is 12.1 Å². The van der Waals surface area contributed by atoms with E-state index in [4.69, 9.17) is 10.5 Å². The molecule has 0 radical (unpaired) electrons. The summed E-state index contributed by atoms with van der Waals surface area (Å²) in [4.78, 5) is 0. The van der Waals surface area contributed by atoms with E-state index in [0.29, 0.717) is 5.92 Å². The van der Waals surface area contributed by atoms with Crippen molar-refractivity contribution in [1.82, 2.24) is 0 Å². The van der Waals surface area contributed by atoms with E-state index in [2.05, 4.69) is 25.1 Å². The third-order valence-corrected chi connectivity index (χ3v) is 3.55. The van der Waals surface area contributed by atoms with E-state index in [9.17, 15) is 0 Å². The molecule has 1 aliphatic rings. The third-order valence-electron chi connectivity index (χ3n) is 3.55. The molecular weight excluding hydrogens is 198 g/mol. The highest BCUT2D eigenvalue weighted by Gasteiger charge is 2.30. The lowest BCUT2D eigenvalue weighted by molar-refractivity contribution is 0.411. The molecule has 1 unspecified atom stereocenters. The van der Waals surface area contributed by atoms with Crippen molar-refractivity contribution in [2.75, 3.05) is 13.7 Å². The Kier molecular flexibility index (Phi) is 3.49. The van der Waals surface area contributed by atoms with Gasteiger partial charge in [0, 0.05) is 0 Å². The summed E-state index contributed by atoms with van der Waals surface area (Å²) in [6.45, 7) is 2.91. The van der Waals surface area contributed by atoms with Crippen molar-refractivity contribution in [3.8, 4) is 5.75 Å². The van der Waals surface area contributed by atoms with Crippen molar-refractivity contribution in [2.24, 2.45) is 17.6 Å². The molecule has 2 heteroatoms. The van der Waals surface area contributed by atoms with Gasteiger partial charge in [-0.05, 0) is 61.8 Å². The van der Waals surface area contributed by atoms with Gasteiger partial charge in [0.25, 0.3) is 0 Å². The average Bonchev–Trinajstić information content (AvgIpc) is 3.10. The zero-order chi connectivity index (χ0) is 11.5. The topological polar surface area (TPSA) is 35.2 Å². The Morgan fingerprint density at radius 2 is 2.19 bits per heavy atom. The van der Waals surface area contributed by atoms with Crippen molar-refractivity contribution in [3.05, 3.63) is 29.3 Å². The summed E-state index contributed by atoms with van der Waals surface area (Å²) >= 11 is 0. The molecule has 0 spiro atoms. The van der Waals surface area contributed by atoms with E-state index in [-0.39, 0.29) is 0 Å². The SMILES string of the molecule is COc1ccc(CC(CN)C2CC2)cc1C. The number of benzene rings is 1. The maximum atomic E-state index is 5.83. The second-order valence-electron chi connectivity index (χ2n) is 4.84. The molecule has 1 aromatic carbocycles. The van der Waals surface area contributed by atoms with Gasteiger partial charge < -0.3 is 10.5 Å². The molecule has 2 nitrogen and oxygen atoms in total. The quantitative estimate of drug-likeness (QED) is 0.826. The molecular formula is C14H21NO. The second kappa shape index (κ2) is 4.88. The largest absolute Gasteiger partial charge is 0.496 e. The molecule has 0 bridgehead atoms. The first kappa shape index (κ1) is 11.5. The van der Waals surface area contributed by atoms with Crippen LogP contribution in [0.2, 0.25) is 0 Å². The van der Waals surface area contributed by atoms with Gasteiger partial charge in [0.1, 0.15) is 5.75 Å². The maximum absolute atomic E-state index is 5.83. The molecule has 1 atom stereocenters. The Bertz CT molecular complexity index is 358. The normalized spacial score (nSPS) is 17.2. The number of hydrogen-bond donors (Lipinski definition) is 1. The average molecular weight is 219 g/mol. The van der Waals surface area contributed by atoms with E-state index in [1.807, 2.05) is 0 Å². The highest BCUT2D eigenvalue weighted by molar-refractivity contribution is 5.36. The van der Waals surface area contributed by atoms with Crippen LogP contribution in [0.15, 0.2) is 18.2 Å². The van der Waals surface area contributed by atoms with Crippen LogP contribution in [-0.2, 0) is 6.42 Å². The van der Waals surface area contributed by atoms with Crippen LogP contribution in [0.25, 0.3) is 0 Å². The van der Waals surface area contributed by atoms with Crippen molar-refractivity contribution < 1.29 is 4.74 Å². The van der Waals surface area contributed by atoms with Gasteiger partial charge >= 0.3 is 0 Å². The van der Waals surface area contributed by atoms with Gasteiger partial charge in [-0.3, -0.25) is 0 Å². The van der Waals surface area contributed by atoms with Crippen LogP contribution in [0, 0.1) is 18.8 Å². The molecule has 0 saturated heterocycles. The van der Waals surface area contributed by atoms with Gasteiger partial charge in [-0.25, -0.2) is 0 Å². The lowest BCUT2D eigenvalue weighted by Gasteiger charge is -2.14. The second-order valence-corrected chi connectivity index (χ2v) is 4.84. The first-order valence-corrected chi connectivity index (χ1v) is 6.08. The molecule has 1 saturated carbocycles. The number of ether oxygens (including phenoxy) is 1. The van der Waals surface area contributed by atoms with E-state index in [1.165, 1.54) is 24.0 Å². The highest BCUT2D eigenvalue weighted by Crippen LogP contribution is 2.38. The van der Waals surface area contributed by atoms with Crippen LogP contribution in [0.3, 0.4) is 0 Å². The van der Waals surface area contributed by atoms with E-state index in [1.54, 1.807) is 7.11 Å². The van der Waals surface area contributed by atoms with E-state index in [0.717, 1.165) is 24.6 Å². The van der Waals surface area contributed by atoms with Crippen LogP contribution >= 0.6 is 0 Å². The van der Waals surface area contributed by atoms with Crippen LogP contribution in [0.5, 0.6) is 5.75 Å². The van der Waals surface area contributed by atoms with Gasteiger partial charge in [0.15, 0.2) is 0 Å². The van der Waals surface area contributed by atoms with Crippen molar-refractivity contribution >= 4 is 0 Å². The van der Waals surface area contributed by atoms with Crippen LogP contribution in [0.1, 0.15) is 24.0 Å². The number of methoxy groups -OCH3 is 1. The summed E-state index contributed by atoms with van der Waals surface area (Å²) in [6.07, 6.45) is 3.86. The number of hydrogen-bond acceptors (Lipinski definition) is 2. The van der Waals surface area contributed by atoms with Gasteiger partial charge in [0.2, 0.25) is 0 Å². The molecule has 2 N–H and O–H groups in total. The molecule has 2 rings (SSSR count). The summed E-state index contributed by atoms with van der Waals surface area (Å²) in [5.74, 6) is 2.53. The molecule has 0 aliphatic heterocycles. The molecule has 0 aromatic heterocycles. The number of nitrogens with two attached hydrogens (primary N) is 1. The molecule has 0 heterocycles. The summed E-state index contributed by atoms with van der Waals surface area (Å²) in [7, 11) is 1.72. The fourth-order valence-electron chi connectivity index (χ4n) is 2.38. The predicted molar refractivity (Wildman–Crippen MR) is 66.7 cm³/mol. The molecule has 16 heavy (non-hydrogen) atoms. The lowest BCUT2D eigenvalue weighted by atomic mass is 9.94. The fraction of sp³-hybridized carbons (Fsp3) is 0.571. The van der Waals surface area contributed by atoms with E-state index >= 15 is 0 Å². The molecule has 1 aliphatic carbocycles. The van der Waals surface area contributed by atoms with Crippen LogP contribution in [0.4, 0.5) is 0 Å². The maximum Gasteiger partial charge on any atom is 0.121 e. The first-order valence-electron chi connectivity index (χ1n) is 6.08. The van der Waals surface area contributed by atoms with Gasteiger partial charge in [0.05, 0.1) is 7.11 Å². The minimum absolute atomic E-state index is 0.674. The minimum atomic E-state index is 0.674. The molecule has 1 aromatic rings. The van der Waals surface area contributed by atoms with Crippen LogP contribution in [-0.4, -0.2) is 13.7 Å². The van der Waals surface area contributed by atoms with Crippen LogP contribution < -0.4 is 10.5 Å². The molecule has 1 fully saturated rings. The Balaban J connectivity index is 2.05. The first-order chi connectivity index (χ1) is 7.74. The van der Waals surface area contributed by atoms with Crippen molar-refractivity contribution in [1.29, 1.82) is 0 Å². The van der Waals surface area contributed by atoms with Gasteiger partial charge in [-0.2, -0.15) is 0 Å². The van der Waals surface area contributed by atoms with Gasteiger partial charge in [-0.15, -0.1) is 0 Å². The Morgan fingerprint density at radius 3 is 2.69 bits per heavy atom. The number of aryl methyl sites for hydroxylation is 1. The summed E-state index contributed by atoms with van der Waals surface area (Å²) in [5.41, 5.74) is 8.43. The van der Waals surface area contributed by atoms with E-state index < -0.39 is 0 Å². The minimum Gasteiger partial charge on any atom is -0.496 e. The monoisotopic (exact) mass is 219 g/mol. The highest BCUT2D eigenvalue weighted by atomic mass is 16.5. The molecule has 0 amide bonds. The predicted octanol–water partition coefficient (Wildman–Crippen LogP) is 2.53. The molecule has 88 valence electrons. The third kappa shape index (κ3) is 2.56. The summed E-state index contributed by atoms with van der Waals surface area (Å²) in [6, 6.07) is 6.45. The van der Waals surface area contributed by atoms with Crippen molar-refractivity contribution in [2.45, 2.75) is 26.2 Å². The standard InChI is InChI=1S/C14H21NO/c1-10-7-11(3-6-14(10)16-2)8-13(9-15)12-4-5-12/h3,6-7,12-13H,4-5,8-9,15H2,1-2H3. The zero-order valence-corrected chi connectivity index (χ0v) is 10.2. The number of rotatable bonds is 5. The smallest absolute Gasteiger partial charge is 0.121 e. The fourth-order valence-corrected chi connectivity index (χ4v) is 2.38.